The number of nitrogens with zero attached hydrogens (tertiary/aromatic N) is 3. The zero-order valence-electron chi connectivity index (χ0n) is 14.8. The fraction of sp³-hybridized carbons (Fsp3) is 0.632. The number of imide groups is 1. The minimum absolute atomic E-state index is 0.0264. The second-order valence-electron chi connectivity index (χ2n) is 7.76. The summed E-state index contributed by atoms with van der Waals surface area (Å²) in [6.07, 6.45) is 9.79. The zero-order chi connectivity index (χ0) is 17.4. The van der Waals surface area contributed by atoms with Crippen molar-refractivity contribution in [2.45, 2.75) is 63.6 Å². The molecule has 2 saturated carbocycles. The van der Waals surface area contributed by atoms with Crippen LogP contribution < -0.4 is 5.32 Å². The summed E-state index contributed by atoms with van der Waals surface area (Å²) in [7, 11) is 0. The Kier molecular flexibility index (Phi) is 4.23. The van der Waals surface area contributed by atoms with Crippen molar-refractivity contribution in [3.8, 4) is 0 Å². The van der Waals surface area contributed by atoms with Crippen LogP contribution in [0, 0.1) is 5.92 Å². The summed E-state index contributed by atoms with van der Waals surface area (Å²) in [6, 6.07) is 4.20. The average molecular weight is 342 g/mol. The Labute approximate surface area is 148 Å². The van der Waals surface area contributed by atoms with Crippen LogP contribution in [-0.4, -0.2) is 45.0 Å². The van der Waals surface area contributed by atoms with Crippen molar-refractivity contribution in [1.29, 1.82) is 0 Å². The van der Waals surface area contributed by atoms with Gasteiger partial charge in [0.1, 0.15) is 5.54 Å². The van der Waals surface area contributed by atoms with E-state index in [9.17, 15) is 9.59 Å². The minimum Gasteiger partial charge on any atom is -0.323 e. The van der Waals surface area contributed by atoms with Crippen LogP contribution in [0.1, 0.15) is 51.0 Å². The van der Waals surface area contributed by atoms with Crippen molar-refractivity contribution in [1.82, 2.24) is 20.1 Å². The molecule has 3 amide bonds. The summed E-state index contributed by atoms with van der Waals surface area (Å²) in [4.78, 5) is 33.6. The van der Waals surface area contributed by atoms with E-state index in [1.165, 1.54) is 4.90 Å². The van der Waals surface area contributed by atoms with Gasteiger partial charge in [-0.05, 0) is 43.2 Å². The van der Waals surface area contributed by atoms with Gasteiger partial charge in [-0.25, -0.2) is 9.69 Å². The first-order chi connectivity index (χ1) is 12.1. The number of hydrogen-bond acceptors (Lipinski definition) is 4. The minimum atomic E-state index is -0.668. The van der Waals surface area contributed by atoms with Gasteiger partial charge in [0.15, 0.2) is 0 Å². The number of hydrogen-bond donors (Lipinski definition) is 1. The summed E-state index contributed by atoms with van der Waals surface area (Å²) >= 11 is 0. The van der Waals surface area contributed by atoms with E-state index in [0.29, 0.717) is 12.7 Å². The van der Waals surface area contributed by atoms with Crippen molar-refractivity contribution < 1.29 is 9.59 Å². The van der Waals surface area contributed by atoms with E-state index in [4.69, 9.17) is 0 Å². The lowest BCUT2D eigenvalue weighted by molar-refractivity contribution is -0.135. The smallest absolute Gasteiger partial charge is 0.323 e. The molecule has 0 aromatic carbocycles. The van der Waals surface area contributed by atoms with Gasteiger partial charge in [0.25, 0.3) is 5.91 Å². The Morgan fingerprint density at radius 3 is 2.84 bits per heavy atom. The Balaban J connectivity index is 1.50. The maximum atomic E-state index is 13.1. The molecule has 1 N–H and O–H groups in total. The first-order valence-electron chi connectivity index (χ1n) is 9.37. The van der Waals surface area contributed by atoms with E-state index >= 15 is 0 Å². The molecule has 1 aromatic heterocycles. The Hall–Kier alpha value is -1.95. The Morgan fingerprint density at radius 1 is 1.32 bits per heavy atom. The SMILES string of the molecule is CC1CCCCC12NC(=O)N(CN(Cc1cccnc1)C1CC1)C2=O. The van der Waals surface area contributed by atoms with E-state index in [2.05, 4.69) is 22.1 Å². The normalized spacial score (nSPS) is 29.5. The number of amides is 3. The molecule has 0 bridgehead atoms. The molecule has 25 heavy (non-hydrogen) atoms. The van der Waals surface area contributed by atoms with Gasteiger partial charge in [-0.2, -0.15) is 0 Å². The van der Waals surface area contributed by atoms with Crippen molar-refractivity contribution in [3.05, 3.63) is 30.1 Å². The van der Waals surface area contributed by atoms with Gasteiger partial charge < -0.3 is 5.32 Å². The van der Waals surface area contributed by atoms with Crippen LogP contribution in [0.4, 0.5) is 4.79 Å². The van der Waals surface area contributed by atoms with E-state index in [-0.39, 0.29) is 17.9 Å². The highest BCUT2D eigenvalue weighted by atomic mass is 16.2. The number of carbonyl (C=O) groups excluding carboxylic acids is 2. The molecular weight excluding hydrogens is 316 g/mol. The zero-order valence-corrected chi connectivity index (χ0v) is 14.8. The van der Waals surface area contributed by atoms with Crippen LogP contribution >= 0.6 is 0 Å². The number of rotatable bonds is 5. The van der Waals surface area contributed by atoms with Gasteiger partial charge in [-0.15, -0.1) is 0 Å². The standard InChI is InChI=1S/C19H26N4O2/c1-14-5-2-3-9-19(14)17(24)23(18(25)21-19)13-22(16-7-8-16)12-15-6-4-10-20-11-15/h4,6,10-11,14,16H,2-3,5,7-9,12-13H2,1H3,(H,21,25). The fourth-order valence-corrected chi connectivity index (χ4v) is 4.27. The van der Waals surface area contributed by atoms with Crippen molar-refractivity contribution in [2.24, 2.45) is 5.92 Å². The summed E-state index contributed by atoms with van der Waals surface area (Å²) < 4.78 is 0. The number of pyridine rings is 1. The van der Waals surface area contributed by atoms with Crippen molar-refractivity contribution in [2.75, 3.05) is 6.67 Å². The molecule has 1 spiro atoms. The summed E-state index contributed by atoms with van der Waals surface area (Å²) in [5.41, 5.74) is 0.445. The van der Waals surface area contributed by atoms with Gasteiger partial charge in [0.2, 0.25) is 0 Å². The Morgan fingerprint density at radius 2 is 2.16 bits per heavy atom. The van der Waals surface area contributed by atoms with Gasteiger partial charge in [-0.3, -0.25) is 14.7 Å². The van der Waals surface area contributed by atoms with Gasteiger partial charge >= 0.3 is 6.03 Å². The molecule has 2 atom stereocenters. The topological polar surface area (TPSA) is 65.5 Å². The highest BCUT2D eigenvalue weighted by molar-refractivity contribution is 6.07. The second-order valence-corrected chi connectivity index (χ2v) is 7.76. The highest BCUT2D eigenvalue weighted by Crippen LogP contribution is 2.39. The van der Waals surface area contributed by atoms with E-state index in [0.717, 1.165) is 50.6 Å². The molecule has 3 fully saturated rings. The molecule has 3 aliphatic rings. The molecule has 1 aliphatic heterocycles. The number of urea groups is 1. The summed E-state index contributed by atoms with van der Waals surface area (Å²) in [5, 5.41) is 3.05. The quantitative estimate of drug-likeness (QED) is 0.835. The van der Waals surface area contributed by atoms with Gasteiger partial charge in [-0.1, -0.05) is 25.8 Å². The van der Waals surface area contributed by atoms with Gasteiger partial charge in [0.05, 0.1) is 6.67 Å². The van der Waals surface area contributed by atoms with E-state index < -0.39 is 5.54 Å². The molecule has 6 nitrogen and oxygen atoms in total. The molecule has 6 heteroatoms. The molecule has 1 saturated heterocycles. The van der Waals surface area contributed by atoms with Crippen LogP contribution in [0.3, 0.4) is 0 Å². The summed E-state index contributed by atoms with van der Waals surface area (Å²) in [6.45, 7) is 3.19. The number of aromatic nitrogens is 1. The lowest BCUT2D eigenvalue weighted by Gasteiger charge is -2.37. The molecule has 134 valence electrons. The maximum Gasteiger partial charge on any atom is 0.326 e. The third-order valence-corrected chi connectivity index (χ3v) is 6.00. The maximum absolute atomic E-state index is 13.1. The largest absolute Gasteiger partial charge is 0.326 e. The van der Waals surface area contributed by atoms with Crippen LogP contribution in [0.15, 0.2) is 24.5 Å². The van der Waals surface area contributed by atoms with E-state index in [1.807, 2.05) is 18.3 Å². The Bertz CT molecular complexity index is 661. The van der Waals surface area contributed by atoms with Crippen LogP contribution in [0.25, 0.3) is 0 Å². The highest BCUT2D eigenvalue weighted by Gasteiger charge is 2.55. The average Bonchev–Trinajstić information content (AvgIpc) is 3.42. The predicted molar refractivity (Wildman–Crippen MR) is 93.4 cm³/mol. The lowest BCUT2D eigenvalue weighted by atomic mass is 9.73. The molecule has 0 radical (unpaired) electrons. The number of nitrogens with one attached hydrogen (secondary N) is 1. The first kappa shape index (κ1) is 16.5. The van der Waals surface area contributed by atoms with Crippen LogP contribution in [-0.2, 0) is 11.3 Å². The molecular formula is C19H26N4O2. The third kappa shape index (κ3) is 3.03. The molecule has 2 unspecified atom stereocenters. The van der Waals surface area contributed by atoms with Crippen molar-refractivity contribution in [3.63, 3.8) is 0 Å². The van der Waals surface area contributed by atoms with Crippen molar-refractivity contribution >= 4 is 11.9 Å². The van der Waals surface area contributed by atoms with Crippen LogP contribution in [0.2, 0.25) is 0 Å². The lowest BCUT2D eigenvalue weighted by Crippen LogP contribution is -2.54. The molecule has 4 rings (SSSR count). The molecule has 2 aliphatic carbocycles. The summed E-state index contributed by atoms with van der Waals surface area (Å²) in [5.74, 6) is 0.178. The fourth-order valence-electron chi connectivity index (χ4n) is 4.27. The van der Waals surface area contributed by atoms with Gasteiger partial charge in [0, 0.05) is 25.0 Å². The van der Waals surface area contributed by atoms with E-state index in [1.54, 1.807) is 6.20 Å². The second kappa shape index (κ2) is 6.41. The monoisotopic (exact) mass is 342 g/mol. The van der Waals surface area contributed by atoms with Crippen LogP contribution in [0.5, 0.6) is 0 Å². The first-order valence-corrected chi connectivity index (χ1v) is 9.37. The molecule has 1 aromatic rings. The molecule has 2 heterocycles. The third-order valence-electron chi connectivity index (χ3n) is 6.00. The predicted octanol–water partition coefficient (Wildman–Crippen LogP) is 2.50. The number of carbonyl (C=O) groups is 2.